The summed E-state index contributed by atoms with van der Waals surface area (Å²) in [6, 6.07) is 5.64. The molecule has 8 heteroatoms. The van der Waals surface area contributed by atoms with E-state index in [1.54, 1.807) is 12.1 Å². The zero-order chi connectivity index (χ0) is 16.8. The Kier molecular flexibility index (Phi) is 5.42. The van der Waals surface area contributed by atoms with Gasteiger partial charge in [-0.15, -0.1) is 0 Å². The standard InChI is InChI=1S/C15H15F2N3O3/c1-23-14-5-3-10(7-18-14)20-15(22)19-8-13(21)9-2-4-11(16)12(17)6-9/h2-7,13,21H,8H2,1H3,(H2,19,20,22)/t13-/m1/s1. The third-order valence-corrected chi connectivity index (χ3v) is 2.99. The number of rotatable bonds is 5. The number of pyridine rings is 1. The molecule has 3 N–H and O–H groups in total. The molecule has 23 heavy (non-hydrogen) atoms. The van der Waals surface area contributed by atoms with Crippen LogP contribution in [0.2, 0.25) is 0 Å². The molecule has 0 spiro atoms. The van der Waals surface area contributed by atoms with E-state index in [1.807, 2.05) is 0 Å². The van der Waals surface area contributed by atoms with Gasteiger partial charge in [-0.3, -0.25) is 0 Å². The average Bonchev–Trinajstić information content (AvgIpc) is 2.56. The van der Waals surface area contributed by atoms with Crippen molar-refractivity contribution in [2.24, 2.45) is 0 Å². The molecule has 0 bridgehead atoms. The summed E-state index contributed by atoms with van der Waals surface area (Å²) in [5, 5.41) is 14.8. The zero-order valence-corrected chi connectivity index (χ0v) is 12.2. The first kappa shape index (κ1) is 16.6. The number of ether oxygens (including phenoxy) is 1. The Bertz CT molecular complexity index is 680. The summed E-state index contributed by atoms with van der Waals surface area (Å²) in [6.07, 6.45) is 0.245. The van der Waals surface area contributed by atoms with Crippen LogP contribution in [0.1, 0.15) is 11.7 Å². The molecule has 0 saturated heterocycles. The number of carbonyl (C=O) groups excluding carboxylic acids is 1. The van der Waals surface area contributed by atoms with Gasteiger partial charge in [0.15, 0.2) is 11.6 Å². The Morgan fingerprint density at radius 3 is 2.70 bits per heavy atom. The zero-order valence-electron chi connectivity index (χ0n) is 12.2. The van der Waals surface area contributed by atoms with Gasteiger partial charge < -0.3 is 20.5 Å². The Balaban J connectivity index is 1.86. The Morgan fingerprint density at radius 1 is 1.30 bits per heavy atom. The topological polar surface area (TPSA) is 83.5 Å². The van der Waals surface area contributed by atoms with Crippen LogP contribution in [0.4, 0.5) is 19.3 Å². The lowest BCUT2D eigenvalue weighted by Gasteiger charge is -2.13. The fourth-order valence-corrected chi connectivity index (χ4v) is 1.78. The SMILES string of the molecule is COc1ccc(NC(=O)NC[C@@H](O)c2ccc(F)c(F)c2)cn1. The van der Waals surface area contributed by atoms with Crippen molar-refractivity contribution < 1.29 is 23.4 Å². The van der Waals surface area contributed by atoms with Crippen molar-refractivity contribution in [3.63, 3.8) is 0 Å². The summed E-state index contributed by atoms with van der Waals surface area (Å²) in [7, 11) is 1.47. The highest BCUT2D eigenvalue weighted by atomic mass is 19.2. The minimum Gasteiger partial charge on any atom is -0.481 e. The number of carbonyl (C=O) groups is 1. The molecular weight excluding hydrogens is 308 g/mol. The Hall–Kier alpha value is -2.74. The highest BCUT2D eigenvalue weighted by Gasteiger charge is 2.12. The van der Waals surface area contributed by atoms with Crippen molar-refractivity contribution in [3.05, 3.63) is 53.7 Å². The Morgan fingerprint density at radius 2 is 2.09 bits per heavy atom. The second-order valence-corrected chi connectivity index (χ2v) is 4.61. The summed E-state index contributed by atoms with van der Waals surface area (Å²) in [6.45, 7) is -0.166. The van der Waals surface area contributed by atoms with Crippen LogP contribution in [0.15, 0.2) is 36.5 Å². The molecule has 0 radical (unpaired) electrons. The molecule has 0 aliphatic rings. The average molecular weight is 323 g/mol. The summed E-state index contributed by atoms with van der Waals surface area (Å²) >= 11 is 0. The largest absolute Gasteiger partial charge is 0.481 e. The van der Waals surface area contributed by atoms with Gasteiger partial charge in [-0.25, -0.2) is 18.6 Å². The number of nitrogens with zero attached hydrogens (tertiary/aromatic N) is 1. The van der Waals surface area contributed by atoms with E-state index in [0.717, 1.165) is 12.1 Å². The maximum absolute atomic E-state index is 13.1. The predicted molar refractivity (Wildman–Crippen MR) is 79.1 cm³/mol. The van der Waals surface area contributed by atoms with E-state index in [0.29, 0.717) is 11.6 Å². The minimum absolute atomic E-state index is 0.162. The second kappa shape index (κ2) is 7.50. The minimum atomic E-state index is -1.16. The molecule has 2 aromatic rings. The van der Waals surface area contributed by atoms with E-state index in [4.69, 9.17) is 4.74 Å². The van der Waals surface area contributed by atoms with Crippen LogP contribution < -0.4 is 15.4 Å². The fraction of sp³-hybridized carbons (Fsp3) is 0.200. The lowest BCUT2D eigenvalue weighted by Crippen LogP contribution is -2.32. The molecule has 0 aliphatic carbocycles. The van der Waals surface area contributed by atoms with E-state index in [9.17, 15) is 18.7 Å². The molecule has 0 saturated carbocycles. The highest BCUT2D eigenvalue weighted by molar-refractivity contribution is 5.89. The number of hydrogen-bond acceptors (Lipinski definition) is 4. The number of methoxy groups -OCH3 is 1. The number of halogens is 2. The molecule has 1 aromatic heterocycles. The number of nitrogens with one attached hydrogen (secondary N) is 2. The molecular formula is C15H15F2N3O3. The molecule has 6 nitrogen and oxygen atoms in total. The first-order chi connectivity index (χ1) is 11.0. The summed E-state index contributed by atoms with van der Waals surface area (Å²) in [5.41, 5.74) is 0.598. The van der Waals surface area contributed by atoms with Gasteiger partial charge in [0.25, 0.3) is 0 Å². The number of amides is 2. The Labute approximate surface area is 131 Å². The first-order valence-corrected chi connectivity index (χ1v) is 6.67. The predicted octanol–water partition coefficient (Wildman–Crippen LogP) is 2.22. The van der Waals surface area contributed by atoms with Gasteiger partial charge in [0.1, 0.15) is 0 Å². The molecule has 1 aromatic carbocycles. The van der Waals surface area contributed by atoms with E-state index in [-0.39, 0.29) is 12.1 Å². The van der Waals surface area contributed by atoms with Crippen molar-refractivity contribution in [1.29, 1.82) is 0 Å². The monoisotopic (exact) mass is 323 g/mol. The van der Waals surface area contributed by atoms with E-state index in [2.05, 4.69) is 15.6 Å². The van der Waals surface area contributed by atoms with Crippen molar-refractivity contribution >= 4 is 11.7 Å². The molecule has 2 rings (SSSR count). The van der Waals surface area contributed by atoms with Gasteiger partial charge in [0.2, 0.25) is 5.88 Å². The third kappa shape index (κ3) is 4.62. The van der Waals surface area contributed by atoms with Gasteiger partial charge in [-0.05, 0) is 23.8 Å². The molecule has 0 fully saturated rings. The maximum Gasteiger partial charge on any atom is 0.319 e. The number of anilines is 1. The quantitative estimate of drug-likeness (QED) is 0.788. The summed E-state index contributed by atoms with van der Waals surface area (Å²) in [4.78, 5) is 15.6. The molecule has 0 aliphatic heterocycles. The molecule has 1 atom stereocenters. The van der Waals surface area contributed by atoms with E-state index < -0.39 is 23.8 Å². The number of urea groups is 1. The molecule has 2 amide bonds. The number of aliphatic hydroxyl groups excluding tert-OH is 1. The summed E-state index contributed by atoms with van der Waals surface area (Å²) < 4.78 is 30.8. The smallest absolute Gasteiger partial charge is 0.319 e. The third-order valence-electron chi connectivity index (χ3n) is 2.99. The van der Waals surface area contributed by atoms with Gasteiger partial charge in [0, 0.05) is 12.6 Å². The molecule has 1 heterocycles. The lowest BCUT2D eigenvalue weighted by molar-refractivity contribution is 0.174. The van der Waals surface area contributed by atoms with Crippen LogP contribution in [-0.2, 0) is 0 Å². The first-order valence-electron chi connectivity index (χ1n) is 6.67. The van der Waals surface area contributed by atoms with Crippen molar-refractivity contribution in [2.45, 2.75) is 6.10 Å². The maximum atomic E-state index is 13.1. The van der Waals surface area contributed by atoms with Gasteiger partial charge >= 0.3 is 6.03 Å². The van der Waals surface area contributed by atoms with Crippen LogP contribution in [0.3, 0.4) is 0 Å². The number of aliphatic hydroxyl groups is 1. The normalized spacial score (nSPS) is 11.7. The highest BCUT2D eigenvalue weighted by Crippen LogP contribution is 2.16. The number of aromatic nitrogens is 1. The van der Waals surface area contributed by atoms with Crippen LogP contribution in [0.5, 0.6) is 5.88 Å². The van der Waals surface area contributed by atoms with Crippen molar-refractivity contribution in [1.82, 2.24) is 10.3 Å². The molecule has 122 valence electrons. The van der Waals surface area contributed by atoms with Crippen LogP contribution in [0, 0.1) is 11.6 Å². The fourth-order valence-electron chi connectivity index (χ4n) is 1.78. The molecule has 0 unspecified atom stereocenters. The van der Waals surface area contributed by atoms with Crippen LogP contribution in [0.25, 0.3) is 0 Å². The second-order valence-electron chi connectivity index (χ2n) is 4.61. The van der Waals surface area contributed by atoms with Crippen LogP contribution in [-0.4, -0.2) is 29.8 Å². The van der Waals surface area contributed by atoms with Gasteiger partial charge in [0.05, 0.1) is 25.1 Å². The van der Waals surface area contributed by atoms with Crippen LogP contribution >= 0.6 is 0 Å². The van der Waals surface area contributed by atoms with Gasteiger partial charge in [-0.2, -0.15) is 0 Å². The number of hydrogen-bond donors (Lipinski definition) is 3. The summed E-state index contributed by atoms with van der Waals surface area (Å²) in [5.74, 6) is -1.65. The number of benzene rings is 1. The van der Waals surface area contributed by atoms with E-state index in [1.165, 1.54) is 19.4 Å². The lowest BCUT2D eigenvalue weighted by atomic mass is 10.1. The van der Waals surface area contributed by atoms with Crippen molar-refractivity contribution in [2.75, 3.05) is 19.0 Å². The van der Waals surface area contributed by atoms with Gasteiger partial charge in [-0.1, -0.05) is 6.07 Å². The van der Waals surface area contributed by atoms with E-state index >= 15 is 0 Å². The van der Waals surface area contributed by atoms with Crippen molar-refractivity contribution in [3.8, 4) is 5.88 Å².